The average Bonchev–Trinajstić information content (AvgIpc) is 3.18. The summed E-state index contributed by atoms with van der Waals surface area (Å²) in [5, 5.41) is 5.22. The first-order valence-corrected chi connectivity index (χ1v) is 12.8. The minimum absolute atomic E-state index is 0.0494. The van der Waals surface area contributed by atoms with E-state index < -0.39 is 10.2 Å². The molecule has 1 saturated heterocycles. The molecule has 1 fully saturated rings. The fourth-order valence-electron chi connectivity index (χ4n) is 3.98. The zero-order valence-corrected chi connectivity index (χ0v) is 19.2. The van der Waals surface area contributed by atoms with Crippen LogP contribution in [0.2, 0.25) is 0 Å². The number of fused-ring (bicyclic) bond motifs is 1. The van der Waals surface area contributed by atoms with Crippen LogP contribution in [0.25, 0.3) is 10.9 Å². The Kier molecular flexibility index (Phi) is 6.57. The standard InChI is InChI=1S/C23H28N4O4S/c1-17-21(4-3-9-24-17)23(28)26-10-7-18(8-11-26)16-31-20-5-6-22-19(14-20)15-25-27(22)12-13-32(2,29)30/h3-6,9,14-15,18H,7-8,10-13,16H2,1-2H3. The van der Waals surface area contributed by atoms with Crippen LogP contribution in [0, 0.1) is 12.8 Å². The number of likely N-dealkylation sites (tertiary alicyclic amines) is 1. The van der Waals surface area contributed by atoms with E-state index in [1.807, 2.05) is 36.1 Å². The van der Waals surface area contributed by atoms with Crippen molar-refractivity contribution < 1.29 is 18.3 Å². The van der Waals surface area contributed by atoms with E-state index in [9.17, 15) is 13.6 Å². The Hall–Kier alpha value is -2.78. The number of aromatic nitrogens is 3. The molecular weight excluding hydrogens is 428 g/mol. The Labute approximate surface area is 188 Å². The molecule has 1 aromatic carbocycles. The first kappa shape index (κ1) is 22.4. The van der Waals surface area contributed by atoms with Crippen LogP contribution in [0.3, 0.4) is 0 Å². The lowest BCUT2D eigenvalue weighted by Crippen LogP contribution is -2.40. The maximum atomic E-state index is 12.7. The number of amides is 1. The van der Waals surface area contributed by atoms with Crippen molar-refractivity contribution >= 4 is 27.0 Å². The van der Waals surface area contributed by atoms with E-state index in [1.54, 1.807) is 23.1 Å². The molecule has 0 saturated carbocycles. The highest BCUT2D eigenvalue weighted by Crippen LogP contribution is 2.24. The van der Waals surface area contributed by atoms with E-state index in [0.29, 0.717) is 37.7 Å². The zero-order valence-electron chi connectivity index (χ0n) is 18.4. The molecule has 9 heteroatoms. The van der Waals surface area contributed by atoms with Crippen molar-refractivity contribution in [2.45, 2.75) is 26.3 Å². The molecule has 1 atom stereocenters. The van der Waals surface area contributed by atoms with E-state index in [2.05, 4.69) is 10.1 Å². The van der Waals surface area contributed by atoms with E-state index in [0.717, 1.165) is 35.2 Å². The molecule has 0 spiro atoms. The first-order chi connectivity index (χ1) is 15.3. The topological polar surface area (TPSA) is 100 Å². The third-order valence-electron chi connectivity index (χ3n) is 5.91. The molecule has 0 N–H and O–H groups in total. The van der Waals surface area contributed by atoms with E-state index in [-0.39, 0.29) is 11.7 Å². The van der Waals surface area contributed by atoms with Crippen LogP contribution in [-0.4, -0.2) is 61.8 Å². The summed E-state index contributed by atoms with van der Waals surface area (Å²) in [6.45, 7) is 4.22. The minimum atomic E-state index is -3.04. The number of sulfone groups is 1. The Bertz CT molecular complexity index is 1150. The van der Waals surface area contributed by atoms with Crippen LogP contribution in [0.15, 0.2) is 42.7 Å². The van der Waals surface area contributed by atoms with E-state index >= 15 is 0 Å². The van der Waals surface area contributed by atoms with Gasteiger partial charge in [-0.25, -0.2) is 0 Å². The lowest BCUT2D eigenvalue weighted by Gasteiger charge is -2.32. The number of benzene rings is 1. The van der Waals surface area contributed by atoms with Gasteiger partial charge >= 0.3 is 0 Å². The second-order valence-electron chi connectivity index (χ2n) is 8.40. The molecule has 0 aliphatic carbocycles. The Morgan fingerprint density at radius 3 is 2.78 bits per heavy atom. The van der Waals surface area contributed by atoms with Crippen LogP contribution in [0.4, 0.5) is 0 Å². The minimum Gasteiger partial charge on any atom is -0.615 e. The summed E-state index contributed by atoms with van der Waals surface area (Å²) < 4.78 is 30.6. The number of piperidine rings is 1. The third kappa shape index (κ3) is 5.34. The predicted octanol–water partition coefficient (Wildman–Crippen LogP) is 2.93. The lowest BCUT2D eigenvalue weighted by atomic mass is 9.97. The van der Waals surface area contributed by atoms with Crippen molar-refractivity contribution in [1.29, 1.82) is 0 Å². The van der Waals surface area contributed by atoms with Gasteiger partial charge in [-0.1, -0.05) is 0 Å². The van der Waals surface area contributed by atoms with E-state index in [4.69, 9.17) is 4.74 Å². The van der Waals surface area contributed by atoms with Crippen molar-refractivity contribution in [3.8, 4) is 5.75 Å². The third-order valence-corrected chi connectivity index (χ3v) is 6.84. The molecule has 3 aromatic rings. The van der Waals surface area contributed by atoms with Crippen molar-refractivity contribution in [2.75, 3.05) is 31.7 Å². The molecule has 0 bridgehead atoms. The predicted molar refractivity (Wildman–Crippen MR) is 122 cm³/mol. The fraction of sp³-hybridized carbons (Fsp3) is 0.435. The highest BCUT2D eigenvalue weighted by atomic mass is 32.3. The van der Waals surface area contributed by atoms with E-state index in [1.165, 1.54) is 6.26 Å². The van der Waals surface area contributed by atoms with Gasteiger partial charge in [-0.2, -0.15) is 5.10 Å². The normalized spacial score (nSPS) is 16.8. The summed E-state index contributed by atoms with van der Waals surface area (Å²) >= 11 is 0. The van der Waals surface area contributed by atoms with Gasteiger partial charge in [-0.3, -0.25) is 14.5 Å². The quantitative estimate of drug-likeness (QED) is 0.507. The number of nitrogens with zero attached hydrogens (tertiary/aromatic N) is 4. The number of hydrogen-bond donors (Lipinski definition) is 0. The molecule has 8 nitrogen and oxygen atoms in total. The highest BCUT2D eigenvalue weighted by molar-refractivity contribution is 7.96. The fourth-order valence-corrected chi connectivity index (χ4v) is 4.49. The number of carbonyl (C=O) groups excluding carboxylic acids is 1. The van der Waals surface area contributed by atoms with Gasteiger partial charge in [0.1, 0.15) is 11.5 Å². The van der Waals surface area contributed by atoms with Crippen LogP contribution < -0.4 is 4.74 Å². The molecule has 0 radical (unpaired) electrons. The molecule has 4 rings (SSSR count). The molecular formula is C23H28N4O4S. The Morgan fingerprint density at radius 1 is 1.28 bits per heavy atom. The van der Waals surface area contributed by atoms with Gasteiger partial charge in [0.25, 0.3) is 5.91 Å². The second-order valence-corrected chi connectivity index (χ2v) is 10.7. The molecule has 32 heavy (non-hydrogen) atoms. The van der Waals surface area contributed by atoms with Gasteiger partial charge < -0.3 is 14.2 Å². The smallest absolute Gasteiger partial charge is 0.255 e. The molecule has 1 amide bonds. The maximum Gasteiger partial charge on any atom is 0.255 e. The lowest BCUT2D eigenvalue weighted by molar-refractivity contribution is 0.0660. The van der Waals surface area contributed by atoms with Gasteiger partial charge in [0.15, 0.2) is 0 Å². The van der Waals surface area contributed by atoms with Gasteiger partial charge in [0.2, 0.25) is 0 Å². The number of carbonyl (C=O) groups is 1. The summed E-state index contributed by atoms with van der Waals surface area (Å²) in [5.41, 5.74) is 2.32. The number of hydrogen-bond acceptors (Lipinski definition) is 6. The van der Waals surface area contributed by atoms with Gasteiger partial charge in [-0.15, -0.1) is 4.21 Å². The van der Waals surface area contributed by atoms with Gasteiger partial charge in [0.05, 0.1) is 36.7 Å². The Morgan fingerprint density at radius 2 is 2.06 bits per heavy atom. The number of pyridine rings is 1. The van der Waals surface area contributed by atoms with Crippen LogP contribution in [-0.2, 0) is 21.0 Å². The van der Waals surface area contributed by atoms with Crippen molar-refractivity contribution in [3.05, 3.63) is 54.0 Å². The first-order valence-electron chi connectivity index (χ1n) is 10.8. The number of rotatable bonds is 7. The SMILES string of the molecule is Cc1ncccc1C(=O)N1CCC(COc2ccc3c(cnn3CC[S+](C)(=O)[O-])c2)CC1. The summed E-state index contributed by atoms with van der Waals surface area (Å²) in [4.78, 5) is 18.9. The van der Waals surface area contributed by atoms with Crippen LogP contribution in [0.1, 0.15) is 28.9 Å². The molecule has 3 heterocycles. The summed E-state index contributed by atoms with van der Waals surface area (Å²) in [5.74, 6) is 1.27. The van der Waals surface area contributed by atoms with Gasteiger partial charge in [0, 0.05) is 40.6 Å². The van der Waals surface area contributed by atoms with Crippen LogP contribution in [0.5, 0.6) is 5.75 Å². The molecule has 1 unspecified atom stereocenters. The van der Waals surface area contributed by atoms with Gasteiger partial charge in [-0.05, 0) is 56.0 Å². The second kappa shape index (κ2) is 9.38. The maximum absolute atomic E-state index is 12.7. The summed E-state index contributed by atoms with van der Waals surface area (Å²) in [6, 6.07) is 9.37. The average molecular weight is 457 g/mol. The molecule has 1 aliphatic rings. The molecule has 1 aliphatic heterocycles. The molecule has 170 valence electrons. The summed E-state index contributed by atoms with van der Waals surface area (Å²) in [6.07, 6.45) is 6.46. The summed E-state index contributed by atoms with van der Waals surface area (Å²) in [7, 11) is -3.04. The monoisotopic (exact) mass is 456 g/mol. The largest absolute Gasteiger partial charge is 0.615 e. The molecule has 2 aromatic heterocycles. The van der Waals surface area contributed by atoms with Crippen molar-refractivity contribution in [1.82, 2.24) is 19.7 Å². The number of aryl methyl sites for hydroxylation is 2. The van der Waals surface area contributed by atoms with Crippen LogP contribution >= 0.6 is 0 Å². The van der Waals surface area contributed by atoms with Crippen molar-refractivity contribution in [2.24, 2.45) is 5.92 Å². The highest BCUT2D eigenvalue weighted by Gasteiger charge is 2.25. The Balaban J connectivity index is 1.29. The van der Waals surface area contributed by atoms with Crippen molar-refractivity contribution in [3.63, 3.8) is 0 Å². The zero-order chi connectivity index (χ0) is 22.7. The number of ether oxygens (including phenoxy) is 1.